The van der Waals surface area contributed by atoms with Crippen molar-refractivity contribution in [3.05, 3.63) is 29.3 Å². The molecule has 1 amide bonds. The number of methoxy groups -OCH3 is 1. The monoisotopic (exact) mass is 302 g/mol. The number of piperidine rings is 1. The van der Waals surface area contributed by atoms with Crippen molar-refractivity contribution in [2.24, 2.45) is 0 Å². The molecule has 4 nitrogen and oxygen atoms in total. The first kappa shape index (κ1) is 15.6. The topological polar surface area (TPSA) is 55.6 Å². The third kappa shape index (κ3) is 3.29. The Hall–Kier alpha value is -1.76. The van der Waals surface area contributed by atoms with Crippen molar-refractivity contribution in [1.82, 2.24) is 4.90 Å². The summed E-state index contributed by atoms with van der Waals surface area (Å²) in [6.45, 7) is 0.861. The second-order valence-corrected chi connectivity index (χ2v) is 5.02. The number of para-hydroxylation sites is 1. The summed E-state index contributed by atoms with van der Waals surface area (Å²) in [4.78, 5) is 13.9. The van der Waals surface area contributed by atoms with Crippen LogP contribution in [0.1, 0.15) is 28.8 Å². The van der Waals surface area contributed by atoms with Gasteiger partial charge in [0, 0.05) is 20.2 Å². The summed E-state index contributed by atoms with van der Waals surface area (Å²) in [5, 5.41) is 0. The lowest BCUT2D eigenvalue weighted by Crippen LogP contribution is -2.43. The highest BCUT2D eigenvalue weighted by atomic mass is 19.4. The van der Waals surface area contributed by atoms with Gasteiger partial charge in [0.1, 0.15) is 0 Å². The van der Waals surface area contributed by atoms with E-state index in [4.69, 9.17) is 10.5 Å². The highest BCUT2D eigenvalue weighted by Crippen LogP contribution is 2.35. The van der Waals surface area contributed by atoms with E-state index >= 15 is 0 Å². The third-order valence-corrected chi connectivity index (χ3v) is 3.64. The number of hydrogen-bond donors (Lipinski definition) is 1. The van der Waals surface area contributed by atoms with Crippen LogP contribution in [0.4, 0.5) is 18.9 Å². The molecular formula is C14H17F3N2O2. The van der Waals surface area contributed by atoms with E-state index in [-0.39, 0.29) is 11.7 Å². The van der Waals surface area contributed by atoms with Gasteiger partial charge in [0.2, 0.25) is 0 Å². The van der Waals surface area contributed by atoms with E-state index < -0.39 is 23.3 Å². The smallest absolute Gasteiger partial charge is 0.398 e. The van der Waals surface area contributed by atoms with Crippen LogP contribution in [0.15, 0.2) is 18.2 Å². The second-order valence-electron chi connectivity index (χ2n) is 5.02. The van der Waals surface area contributed by atoms with Crippen LogP contribution in [0.2, 0.25) is 0 Å². The molecule has 0 saturated carbocycles. The highest BCUT2D eigenvalue weighted by molar-refractivity contribution is 6.00. The van der Waals surface area contributed by atoms with E-state index in [1.165, 1.54) is 17.0 Å². The molecule has 1 fully saturated rings. The molecule has 0 aliphatic carbocycles. The van der Waals surface area contributed by atoms with E-state index in [2.05, 4.69) is 0 Å². The lowest BCUT2D eigenvalue weighted by molar-refractivity contribution is -0.136. The first-order valence-electron chi connectivity index (χ1n) is 6.62. The highest BCUT2D eigenvalue weighted by Gasteiger charge is 2.35. The molecule has 1 heterocycles. The number of ether oxygens (including phenoxy) is 1. The number of hydrogen-bond acceptors (Lipinski definition) is 3. The SMILES string of the molecule is COC1CCCN(C(=O)c2cccc(C(F)(F)F)c2N)C1. The molecule has 7 heteroatoms. The molecule has 2 N–H and O–H groups in total. The maximum absolute atomic E-state index is 12.8. The van der Waals surface area contributed by atoms with Gasteiger partial charge in [-0.2, -0.15) is 13.2 Å². The quantitative estimate of drug-likeness (QED) is 0.854. The number of rotatable bonds is 2. The van der Waals surface area contributed by atoms with Gasteiger partial charge in [-0.3, -0.25) is 4.79 Å². The number of alkyl halides is 3. The van der Waals surface area contributed by atoms with E-state index in [9.17, 15) is 18.0 Å². The van der Waals surface area contributed by atoms with Gasteiger partial charge in [0.15, 0.2) is 0 Å². The van der Waals surface area contributed by atoms with Gasteiger partial charge in [-0.1, -0.05) is 6.07 Å². The predicted molar refractivity (Wildman–Crippen MR) is 71.8 cm³/mol. The minimum absolute atomic E-state index is 0.0882. The van der Waals surface area contributed by atoms with Crippen LogP contribution in [0.5, 0.6) is 0 Å². The number of nitrogens with zero attached hydrogens (tertiary/aromatic N) is 1. The van der Waals surface area contributed by atoms with E-state index in [0.717, 1.165) is 18.9 Å². The van der Waals surface area contributed by atoms with Crippen molar-refractivity contribution in [2.75, 3.05) is 25.9 Å². The van der Waals surface area contributed by atoms with E-state index in [0.29, 0.717) is 13.1 Å². The summed E-state index contributed by atoms with van der Waals surface area (Å²) >= 11 is 0. The van der Waals surface area contributed by atoms with Gasteiger partial charge >= 0.3 is 6.18 Å². The Balaban J connectivity index is 2.27. The van der Waals surface area contributed by atoms with Crippen LogP contribution < -0.4 is 5.73 Å². The number of amides is 1. The minimum Gasteiger partial charge on any atom is -0.398 e. The summed E-state index contributed by atoms with van der Waals surface area (Å²) in [7, 11) is 1.55. The number of nitrogens with two attached hydrogens (primary N) is 1. The normalized spacial score (nSPS) is 19.6. The number of halogens is 3. The first-order valence-corrected chi connectivity index (χ1v) is 6.62. The van der Waals surface area contributed by atoms with E-state index in [1.807, 2.05) is 0 Å². The molecule has 1 unspecified atom stereocenters. The minimum atomic E-state index is -4.57. The number of carbonyl (C=O) groups excluding carboxylic acids is 1. The summed E-state index contributed by atoms with van der Waals surface area (Å²) < 4.78 is 43.7. The average Bonchev–Trinajstić information content (AvgIpc) is 2.45. The molecule has 2 rings (SSSR count). The Labute approximate surface area is 120 Å². The van der Waals surface area contributed by atoms with Crippen molar-refractivity contribution in [2.45, 2.75) is 25.1 Å². The number of carbonyl (C=O) groups is 1. The molecule has 1 aromatic carbocycles. The fraction of sp³-hybridized carbons (Fsp3) is 0.500. The molecule has 1 aliphatic rings. The lowest BCUT2D eigenvalue weighted by Gasteiger charge is -2.32. The molecule has 0 aromatic heterocycles. The Morgan fingerprint density at radius 3 is 2.76 bits per heavy atom. The van der Waals surface area contributed by atoms with Gasteiger partial charge < -0.3 is 15.4 Å². The molecule has 21 heavy (non-hydrogen) atoms. The first-order chi connectivity index (χ1) is 9.84. The summed E-state index contributed by atoms with van der Waals surface area (Å²) in [5.41, 5.74) is 3.94. The van der Waals surface area contributed by atoms with Gasteiger partial charge in [0.25, 0.3) is 5.91 Å². The molecule has 1 atom stereocenters. The summed E-state index contributed by atoms with van der Waals surface area (Å²) in [5.74, 6) is -0.486. The van der Waals surface area contributed by atoms with Gasteiger partial charge in [-0.25, -0.2) is 0 Å². The standard InChI is InChI=1S/C14H17F3N2O2/c1-21-9-4-3-7-19(8-9)13(20)10-5-2-6-11(12(10)18)14(15,16)17/h2,5-6,9H,3-4,7-8,18H2,1H3. The van der Waals surface area contributed by atoms with Crippen molar-refractivity contribution in [3.8, 4) is 0 Å². The van der Waals surface area contributed by atoms with Gasteiger partial charge in [-0.15, -0.1) is 0 Å². The van der Waals surface area contributed by atoms with Crippen molar-refractivity contribution < 1.29 is 22.7 Å². The van der Waals surface area contributed by atoms with E-state index in [1.54, 1.807) is 7.11 Å². The predicted octanol–water partition coefficient (Wildman–Crippen LogP) is 2.54. The molecule has 0 radical (unpaired) electrons. The molecule has 116 valence electrons. The molecule has 0 spiro atoms. The van der Waals surface area contributed by atoms with Crippen LogP contribution >= 0.6 is 0 Å². The van der Waals surface area contributed by atoms with Crippen LogP contribution in [-0.2, 0) is 10.9 Å². The molecule has 0 bridgehead atoms. The van der Waals surface area contributed by atoms with Crippen LogP contribution in [-0.4, -0.2) is 37.1 Å². The number of nitrogen functional groups attached to an aromatic ring is 1. The Kier molecular flexibility index (Phi) is 4.41. The zero-order valence-electron chi connectivity index (χ0n) is 11.6. The number of benzene rings is 1. The Morgan fingerprint density at radius 1 is 1.43 bits per heavy atom. The van der Waals surface area contributed by atoms with Crippen molar-refractivity contribution in [3.63, 3.8) is 0 Å². The fourth-order valence-electron chi connectivity index (χ4n) is 2.48. The molecule has 1 aromatic rings. The molecule has 1 saturated heterocycles. The average molecular weight is 302 g/mol. The zero-order chi connectivity index (χ0) is 15.6. The fourth-order valence-corrected chi connectivity index (χ4v) is 2.48. The largest absolute Gasteiger partial charge is 0.418 e. The van der Waals surface area contributed by atoms with Crippen molar-refractivity contribution in [1.29, 1.82) is 0 Å². The van der Waals surface area contributed by atoms with Gasteiger partial charge in [-0.05, 0) is 25.0 Å². The maximum atomic E-state index is 12.8. The Morgan fingerprint density at radius 2 is 2.14 bits per heavy atom. The van der Waals surface area contributed by atoms with Gasteiger partial charge in [0.05, 0.1) is 22.9 Å². The van der Waals surface area contributed by atoms with Crippen molar-refractivity contribution >= 4 is 11.6 Å². The third-order valence-electron chi connectivity index (χ3n) is 3.64. The lowest BCUT2D eigenvalue weighted by atomic mass is 10.0. The maximum Gasteiger partial charge on any atom is 0.418 e. The number of likely N-dealkylation sites (tertiary alicyclic amines) is 1. The Bertz CT molecular complexity index is 531. The zero-order valence-corrected chi connectivity index (χ0v) is 11.6. The van der Waals surface area contributed by atoms with Crippen LogP contribution in [0, 0.1) is 0 Å². The second kappa shape index (κ2) is 5.93. The molecule has 1 aliphatic heterocycles. The summed E-state index contributed by atoms with van der Waals surface area (Å²) in [6, 6.07) is 3.40. The van der Waals surface area contributed by atoms with Crippen LogP contribution in [0.25, 0.3) is 0 Å². The number of anilines is 1. The summed E-state index contributed by atoms with van der Waals surface area (Å²) in [6.07, 6.45) is -3.08. The molecular weight excluding hydrogens is 285 g/mol. The van der Waals surface area contributed by atoms with Crippen LogP contribution in [0.3, 0.4) is 0 Å².